The lowest BCUT2D eigenvalue weighted by molar-refractivity contribution is -0.870. The molecule has 1 amide bonds. The van der Waals surface area contributed by atoms with E-state index in [0.717, 1.165) is 109 Å². The van der Waals surface area contributed by atoms with Gasteiger partial charge < -0.3 is 19.8 Å². The maximum Gasteiger partial charge on any atom is 0.472 e. The summed E-state index contributed by atoms with van der Waals surface area (Å²) in [7, 11) is 1.60. The first-order valence-electron chi connectivity index (χ1n) is 31.4. The average Bonchev–Trinajstić information content (AvgIpc) is 3.39. The van der Waals surface area contributed by atoms with E-state index in [1.54, 1.807) is 0 Å². The van der Waals surface area contributed by atoms with Crippen LogP contribution in [0, 0.1) is 0 Å². The molecule has 0 heterocycles. The Balaban J connectivity index is 4.05. The molecule has 0 aromatic carbocycles. The summed E-state index contributed by atoms with van der Waals surface area (Å²) in [5, 5.41) is 14.0. The molecule has 0 aliphatic carbocycles. The summed E-state index contributed by atoms with van der Waals surface area (Å²) < 4.78 is 23.8. The van der Waals surface area contributed by atoms with Gasteiger partial charge in [-0.25, -0.2) is 4.57 Å². The first kappa shape index (κ1) is 73.9. The molecule has 0 rings (SSSR count). The van der Waals surface area contributed by atoms with Crippen LogP contribution in [0.2, 0.25) is 0 Å². The van der Waals surface area contributed by atoms with Gasteiger partial charge in [-0.2, -0.15) is 0 Å². The number of rotatable bonds is 56. The number of hydrogen-bond acceptors (Lipinski definition) is 5. The number of phosphoric acid groups is 1. The SMILES string of the molecule is CC/C=C\C/C=C\C/C=C\C/C=C\C/C=C\C/C=C\C/C=C\C/C=C\C/C=C\C/C=C\CCCCCCCCCCCCC(=O)NC(COP(=O)(O)OCC[N+](C)(C)C)C(O)CCCCCCCCCCCCCCCC. The van der Waals surface area contributed by atoms with Gasteiger partial charge >= 0.3 is 7.82 Å². The van der Waals surface area contributed by atoms with Crippen LogP contribution in [0.5, 0.6) is 0 Å². The molecule has 0 radical (unpaired) electrons. The van der Waals surface area contributed by atoms with Crippen LogP contribution >= 0.6 is 7.82 Å². The normalized spacial score (nSPS) is 14.6. The quantitative estimate of drug-likeness (QED) is 0.0243. The van der Waals surface area contributed by atoms with Gasteiger partial charge in [-0.15, -0.1) is 0 Å². The number of nitrogens with one attached hydrogen (secondary N) is 1. The van der Waals surface area contributed by atoms with Gasteiger partial charge in [0, 0.05) is 6.42 Å². The summed E-state index contributed by atoms with van der Waals surface area (Å²) >= 11 is 0. The number of aliphatic hydroxyl groups is 1. The zero-order chi connectivity index (χ0) is 56.3. The number of likely N-dealkylation sites (N-methyl/N-ethyl adjacent to an activating group) is 1. The maximum atomic E-state index is 13.0. The Kier molecular flexibility index (Phi) is 55.3. The molecule has 3 unspecified atom stereocenters. The van der Waals surface area contributed by atoms with Crippen LogP contribution in [0.4, 0.5) is 0 Å². The standard InChI is InChI=1S/C68H119N2O6P/c1-6-8-10-12-14-16-18-20-22-23-24-25-26-27-28-29-30-31-32-33-34-35-36-37-38-39-40-41-42-43-44-45-46-47-48-50-52-54-56-58-60-62-68(72)69-66(65-76-77(73,74)75-64-63-70(3,4)5)67(71)61-59-57-55-53-51-49-21-19-17-15-13-11-9-7-2/h8,10,14,16,20,22,24-25,27-28,30-31,33-34,36-37,39-40,42-43,66-67,71H,6-7,9,11-13,15,17-19,21,23,26,29,32,35,38,41,44-65H2,1-5H3,(H-,69,72,73,74)/p+1/b10-8-,16-14-,22-20-,25-24-,28-27-,31-30-,34-33-,37-36-,40-39-,43-42-. The van der Waals surface area contributed by atoms with Crippen molar-refractivity contribution in [2.45, 2.75) is 264 Å². The molecule has 442 valence electrons. The van der Waals surface area contributed by atoms with Crippen molar-refractivity contribution in [3.05, 3.63) is 122 Å². The lowest BCUT2D eigenvalue weighted by Gasteiger charge is -2.26. The molecule has 0 aromatic heterocycles. The molecule has 77 heavy (non-hydrogen) atoms. The van der Waals surface area contributed by atoms with E-state index >= 15 is 0 Å². The Morgan fingerprint density at radius 2 is 0.779 bits per heavy atom. The van der Waals surface area contributed by atoms with Crippen molar-refractivity contribution in [3.63, 3.8) is 0 Å². The maximum absolute atomic E-state index is 13.0. The fourth-order valence-electron chi connectivity index (χ4n) is 8.60. The second-order valence-electron chi connectivity index (χ2n) is 22.1. The Labute approximate surface area is 475 Å². The zero-order valence-electron chi connectivity index (χ0n) is 50.4. The lowest BCUT2D eigenvalue weighted by atomic mass is 10.0. The molecule has 3 atom stereocenters. The Morgan fingerprint density at radius 3 is 1.14 bits per heavy atom. The van der Waals surface area contributed by atoms with Crippen LogP contribution in [-0.4, -0.2) is 73.4 Å². The highest BCUT2D eigenvalue weighted by Gasteiger charge is 2.28. The van der Waals surface area contributed by atoms with Crippen LogP contribution in [0.3, 0.4) is 0 Å². The molecule has 8 nitrogen and oxygen atoms in total. The number of unbranched alkanes of at least 4 members (excludes halogenated alkanes) is 23. The van der Waals surface area contributed by atoms with E-state index in [-0.39, 0.29) is 19.1 Å². The van der Waals surface area contributed by atoms with Gasteiger partial charge in [0.2, 0.25) is 5.91 Å². The van der Waals surface area contributed by atoms with Gasteiger partial charge in [0.1, 0.15) is 13.2 Å². The van der Waals surface area contributed by atoms with Crippen molar-refractivity contribution in [1.82, 2.24) is 5.32 Å². The first-order chi connectivity index (χ1) is 37.5. The summed E-state index contributed by atoms with van der Waals surface area (Å²) in [5.74, 6) is -0.153. The number of phosphoric ester groups is 1. The highest BCUT2D eigenvalue weighted by Crippen LogP contribution is 2.43. The molecular weight excluding hydrogens is 972 g/mol. The smallest absolute Gasteiger partial charge is 0.391 e. The van der Waals surface area contributed by atoms with Crippen LogP contribution in [0.15, 0.2) is 122 Å². The van der Waals surface area contributed by atoms with Crippen LogP contribution < -0.4 is 5.32 Å². The van der Waals surface area contributed by atoms with Crippen LogP contribution in [0.25, 0.3) is 0 Å². The number of aliphatic hydroxyl groups excluding tert-OH is 1. The van der Waals surface area contributed by atoms with E-state index in [0.29, 0.717) is 23.9 Å². The molecule has 0 aliphatic heterocycles. The van der Waals surface area contributed by atoms with E-state index in [1.165, 1.54) is 116 Å². The number of quaternary nitrogens is 1. The van der Waals surface area contributed by atoms with Gasteiger partial charge in [0.25, 0.3) is 0 Å². The number of allylic oxidation sites excluding steroid dienone is 20. The van der Waals surface area contributed by atoms with Gasteiger partial charge in [-0.1, -0.05) is 277 Å². The van der Waals surface area contributed by atoms with Crippen LogP contribution in [-0.2, 0) is 18.4 Å². The highest BCUT2D eigenvalue weighted by molar-refractivity contribution is 7.47. The van der Waals surface area contributed by atoms with Crippen molar-refractivity contribution < 1.29 is 32.9 Å². The van der Waals surface area contributed by atoms with Gasteiger partial charge in [-0.05, 0) is 89.9 Å². The van der Waals surface area contributed by atoms with Crippen molar-refractivity contribution in [3.8, 4) is 0 Å². The minimum atomic E-state index is -4.33. The first-order valence-corrected chi connectivity index (χ1v) is 32.9. The van der Waals surface area contributed by atoms with E-state index in [1.807, 2.05) is 21.1 Å². The summed E-state index contributed by atoms with van der Waals surface area (Å²) in [6.45, 7) is 4.77. The molecule has 0 spiro atoms. The second-order valence-corrected chi connectivity index (χ2v) is 23.5. The molecule has 0 saturated heterocycles. The molecule has 0 saturated carbocycles. The van der Waals surface area contributed by atoms with E-state index in [2.05, 4.69) is 141 Å². The number of hydrogen-bond donors (Lipinski definition) is 3. The van der Waals surface area contributed by atoms with Crippen LogP contribution in [0.1, 0.15) is 251 Å². The Hall–Kier alpha value is -3.10. The number of carbonyl (C=O) groups is 1. The highest BCUT2D eigenvalue weighted by atomic mass is 31.2. The summed E-state index contributed by atoms with van der Waals surface area (Å²) in [5.41, 5.74) is 0. The predicted octanol–water partition coefficient (Wildman–Crippen LogP) is 19.7. The molecule has 0 bridgehead atoms. The summed E-state index contributed by atoms with van der Waals surface area (Å²) in [6.07, 6.45) is 85.5. The molecule has 0 fully saturated rings. The molecule has 9 heteroatoms. The van der Waals surface area contributed by atoms with Crippen molar-refractivity contribution in [2.24, 2.45) is 0 Å². The monoisotopic (exact) mass is 1090 g/mol. The topological polar surface area (TPSA) is 105 Å². The van der Waals surface area contributed by atoms with Crippen molar-refractivity contribution in [2.75, 3.05) is 40.9 Å². The molecule has 0 aliphatic rings. The molecule has 0 aromatic rings. The third kappa shape index (κ3) is 60.4. The van der Waals surface area contributed by atoms with Gasteiger partial charge in [0.05, 0.1) is 39.9 Å². The predicted molar refractivity (Wildman–Crippen MR) is 336 cm³/mol. The molecule has 3 N–H and O–H groups in total. The molecular formula is C68H120N2O6P+. The zero-order valence-corrected chi connectivity index (χ0v) is 51.3. The summed E-state index contributed by atoms with van der Waals surface area (Å²) in [4.78, 5) is 23.3. The second kappa shape index (κ2) is 57.6. The fraction of sp³-hybridized carbons (Fsp3) is 0.691. The van der Waals surface area contributed by atoms with Gasteiger partial charge in [0.15, 0.2) is 0 Å². The van der Waals surface area contributed by atoms with E-state index in [4.69, 9.17) is 9.05 Å². The van der Waals surface area contributed by atoms with Crippen molar-refractivity contribution >= 4 is 13.7 Å². The minimum Gasteiger partial charge on any atom is -0.391 e. The van der Waals surface area contributed by atoms with E-state index < -0.39 is 20.0 Å². The fourth-order valence-corrected chi connectivity index (χ4v) is 9.34. The average molecular weight is 1090 g/mol. The van der Waals surface area contributed by atoms with E-state index in [9.17, 15) is 19.4 Å². The third-order valence-electron chi connectivity index (χ3n) is 13.5. The largest absolute Gasteiger partial charge is 0.472 e. The number of carbonyl (C=O) groups excluding carboxylic acids is 1. The number of amides is 1. The number of nitrogens with zero attached hydrogens (tertiary/aromatic N) is 1. The minimum absolute atomic E-state index is 0.0691. The Morgan fingerprint density at radius 1 is 0.455 bits per heavy atom. The summed E-state index contributed by atoms with van der Waals surface area (Å²) in [6, 6.07) is -0.770. The Bertz CT molecular complexity index is 1670. The lowest BCUT2D eigenvalue weighted by Crippen LogP contribution is -2.46. The third-order valence-corrected chi connectivity index (χ3v) is 14.5. The van der Waals surface area contributed by atoms with Crippen molar-refractivity contribution in [1.29, 1.82) is 0 Å². The van der Waals surface area contributed by atoms with Gasteiger partial charge in [-0.3, -0.25) is 13.8 Å².